The van der Waals surface area contributed by atoms with E-state index in [-0.39, 0.29) is 35.5 Å². The lowest BCUT2D eigenvalue weighted by Gasteiger charge is -2.22. The Kier molecular flexibility index (Phi) is 11.4. The Bertz CT molecular complexity index is 609. The number of halogens is 2. The normalized spacial score (nSPS) is 11.6. The van der Waals surface area contributed by atoms with E-state index in [0.717, 1.165) is 5.75 Å². The molecule has 0 aliphatic rings. The first-order valence-electron chi connectivity index (χ1n) is 7.38. The molecule has 0 aromatic heterocycles. The van der Waals surface area contributed by atoms with Crippen molar-refractivity contribution in [3.63, 3.8) is 0 Å². The maximum absolute atomic E-state index is 11.5. The van der Waals surface area contributed by atoms with Crippen molar-refractivity contribution in [2.24, 2.45) is 4.99 Å². The number of nitrogens with one attached hydrogen (secondary N) is 1. The van der Waals surface area contributed by atoms with Crippen molar-refractivity contribution in [1.29, 1.82) is 0 Å². The van der Waals surface area contributed by atoms with Crippen molar-refractivity contribution in [2.45, 2.75) is 6.92 Å². The summed E-state index contributed by atoms with van der Waals surface area (Å²) in [6.07, 6.45) is 0. The number of hydrogen-bond donors (Lipinski definition) is 1. The summed E-state index contributed by atoms with van der Waals surface area (Å²) >= 11 is 5.82. The van der Waals surface area contributed by atoms with Crippen LogP contribution in [0.25, 0.3) is 0 Å². The number of aliphatic imine (C=N–C) groups is 1. The van der Waals surface area contributed by atoms with Crippen molar-refractivity contribution >= 4 is 51.4 Å². The third kappa shape index (κ3) is 8.93. The maximum Gasteiger partial charge on any atom is 0.193 e. The summed E-state index contributed by atoms with van der Waals surface area (Å²) in [6.45, 7) is 3.07. The van der Waals surface area contributed by atoms with Crippen molar-refractivity contribution in [1.82, 2.24) is 10.2 Å². The molecule has 1 aromatic rings. The third-order valence-electron chi connectivity index (χ3n) is 3.22. The van der Waals surface area contributed by atoms with Crippen LogP contribution in [0.1, 0.15) is 6.92 Å². The zero-order valence-electron chi connectivity index (χ0n) is 14.2. The predicted molar refractivity (Wildman–Crippen MR) is 111 cm³/mol. The number of guanidine groups is 1. The van der Waals surface area contributed by atoms with Crippen LogP contribution in [0.3, 0.4) is 0 Å². The van der Waals surface area contributed by atoms with E-state index in [1.807, 2.05) is 24.1 Å². The second-order valence-electron chi connectivity index (χ2n) is 4.93. The summed E-state index contributed by atoms with van der Waals surface area (Å²) in [5.74, 6) is 1.63. The van der Waals surface area contributed by atoms with Gasteiger partial charge in [-0.05, 0) is 24.3 Å². The zero-order chi connectivity index (χ0) is 17.3. The lowest BCUT2D eigenvalue weighted by atomic mass is 10.3. The third-order valence-corrected chi connectivity index (χ3v) is 5.18. The first kappa shape index (κ1) is 23.3. The summed E-state index contributed by atoms with van der Waals surface area (Å²) in [7, 11) is 0.553. The van der Waals surface area contributed by atoms with Crippen LogP contribution in [0.2, 0.25) is 5.02 Å². The van der Waals surface area contributed by atoms with Gasteiger partial charge in [0.2, 0.25) is 0 Å². The second-order valence-corrected chi connectivity index (χ2v) is 7.84. The molecule has 0 aliphatic carbocycles. The molecule has 24 heavy (non-hydrogen) atoms. The van der Waals surface area contributed by atoms with Gasteiger partial charge in [-0.1, -0.05) is 18.5 Å². The Hall–Kier alpha value is -0.740. The van der Waals surface area contributed by atoms with E-state index in [0.29, 0.717) is 30.7 Å². The van der Waals surface area contributed by atoms with E-state index >= 15 is 0 Å². The van der Waals surface area contributed by atoms with Gasteiger partial charge in [-0.2, -0.15) is 0 Å². The fourth-order valence-electron chi connectivity index (χ4n) is 1.78. The van der Waals surface area contributed by atoms with E-state index in [9.17, 15) is 8.42 Å². The van der Waals surface area contributed by atoms with Crippen LogP contribution < -0.4 is 10.1 Å². The molecule has 0 fully saturated rings. The number of sulfone groups is 1. The summed E-state index contributed by atoms with van der Waals surface area (Å²) in [4.78, 5) is 6.02. The molecule has 0 aliphatic heterocycles. The van der Waals surface area contributed by atoms with Gasteiger partial charge in [0.05, 0.1) is 12.3 Å². The standard InChI is InChI=1S/C15H24ClN3O3S.HI/c1-4-23(20,21)12-9-18-15(17-2)19(3)10-11-22-14-7-5-13(16)6-8-14;/h5-8H,4,9-12H2,1-3H3,(H,17,18);1H. The Balaban J connectivity index is 0.00000529. The van der Waals surface area contributed by atoms with E-state index in [1.54, 1.807) is 26.1 Å². The highest BCUT2D eigenvalue weighted by Crippen LogP contribution is 2.15. The lowest BCUT2D eigenvalue weighted by molar-refractivity contribution is 0.281. The molecule has 1 N–H and O–H groups in total. The van der Waals surface area contributed by atoms with Gasteiger partial charge in [0.1, 0.15) is 12.4 Å². The van der Waals surface area contributed by atoms with Crippen LogP contribution in [-0.4, -0.2) is 64.6 Å². The molecule has 0 saturated heterocycles. The fraction of sp³-hybridized carbons (Fsp3) is 0.533. The minimum absolute atomic E-state index is 0. The SMILES string of the molecule is CCS(=O)(=O)CCNC(=NC)N(C)CCOc1ccc(Cl)cc1.I. The molecule has 0 amide bonds. The Morgan fingerprint density at radius 1 is 1.33 bits per heavy atom. The summed E-state index contributed by atoms with van der Waals surface area (Å²) < 4.78 is 28.6. The fourth-order valence-corrected chi connectivity index (χ4v) is 2.61. The molecule has 0 unspecified atom stereocenters. The topological polar surface area (TPSA) is 71.0 Å². The van der Waals surface area contributed by atoms with Gasteiger partial charge in [-0.25, -0.2) is 8.42 Å². The molecule has 138 valence electrons. The number of hydrogen-bond acceptors (Lipinski definition) is 4. The van der Waals surface area contributed by atoms with Crippen LogP contribution in [0.5, 0.6) is 5.75 Å². The average Bonchev–Trinajstić information content (AvgIpc) is 2.53. The van der Waals surface area contributed by atoms with Gasteiger partial charge < -0.3 is 15.0 Å². The van der Waals surface area contributed by atoms with Crippen LogP contribution in [-0.2, 0) is 9.84 Å². The van der Waals surface area contributed by atoms with Gasteiger partial charge in [-0.15, -0.1) is 24.0 Å². The highest BCUT2D eigenvalue weighted by atomic mass is 127. The molecule has 6 nitrogen and oxygen atoms in total. The molecule has 0 spiro atoms. The molecule has 0 atom stereocenters. The van der Waals surface area contributed by atoms with Crippen molar-refractivity contribution in [3.05, 3.63) is 29.3 Å². The molecule has 9 heteroatoms. The van der Waals surface area contributed by atoms with Crippen LogP contribution in [0.4, 0.5) is 0 Å². The Morgan fingerprint density at radius 3 is 2.50 bits per heavy atom. The molecule has 0 bridgehead atoms. The number of rotatable bonds is 8. The van der Waals surface area contributed by atoms with E-state index in [2.05, 4.69) is 10.3 Å². The quantitative estimate of drug-likeness (QED) is 0.345. The number of benzene rings is 1. The Labute approximate surface area is 166 Å². The van der Waals surface area contributed by atoms with Gasteiger partial charge in [0.15, 0.2) is 15.8 Å². The first-order chi connectivity index (χ1) is 10.9. The number of likely N-dealkylation sites (N-methyl/N-ethyl adjacent to an activating group) is 1. The van der Waals surface area contributed by atoms with Gasteiger partial charge in [-0.3, -0.25) is 4.99 Å². The predicted octanol–water partition coefficient (Wildman–Crippen LogP) is 2.28. The average molecular weight is 490 g/mol. The Morgan fingerprint density at radius 2 is 1.96 bits per heavy atom. The summed E-state index contributed by atoms with van der Waals surface area (Å²) in [5.41, 5.74) is 0. The van der Waals surface area contributed by atoms with E-state index < -0.39 is 9.84 Å². The van der Waals surface area contributed by atoms with Crippen LogP contribution in [0.15, 0.2) is 29.3 Å². The van der Waals surface area contributed by atoms with Crippen molar-refractivity contribution in [2.75, 3.05) is 45.3 Å². The monoisotopic (exact) mass is 489 g/mol. The summed E-state index contributed by atoms with van der Waals surface area (Å²) in [5, 5.41) is 3.71. The second kappa shape index (κ2) is 11.8. The molecular formula is C15H25ClIN3O3S. The number of nitrogens with zero attached hydrogens (tertiary/aromatic N) is 2. The van der Waals surface area contributed by atoms with E-state index in [4.69, 9.17) is 16.3 Å². The van der Waals surface area contributed by atoms with Gasteiger partial charge >= 0.3 is 0 Å². The van der Waals surface area contributed by atoms with Crippen LogP contribution in [0, 0.1) is 0 Å². The van der Waals surface area contributed by atoms with Gasteiger partial charge in [0.25, 0.3) is 0 Å². The minimum Gasteiger partial charge on any atom is -0.492 e. The largest absolute Gasteiger partial charge is 0.492 e. The highest BCUT2D eigenvalue weighted by Gasteiger charge is 2.09. The molecule has 0 heterocycles. The van der Waals surface area contributed by atoms with Gasteiger partial charge in [0, 0.05) is 31.4 Å². The highest BCUT2D eigenvalue weighted by molar-refractivity contribution is 14.0. The first-order valence-corrected chi connectivity index (χ1v) is 9.58. The van der Waals surface area contributed by atoms with E-state index in [1.165, 1.54) is 0 Å². The smallest absolute Gasteiger partial charge is 0.193 e. The van der Waals surface area contributed by atoms with Crippen LogP contribution >= 0.6 is 35.6 Å². The lowest BCUT2D eigenvalue weighted by Crippen LogP contribution is -2.42. The zero-order valence-corrected chi connectivity index (χ0v) is 18.1. The van der Waals surface area contributed by atoms with Crippen molar-refractivity contribution in [3.8, 4) is 5.75 Å². The van der Waals surface area contributed by atoms with Crippen molar-refractivity contribution < 1.29 is 13.2 Å². The molecule has 1 aromatic carbocycles. The maximum atomic E-state index is 11.5. The summed E-state index contributed by atoms with van der Waals surface area (Å²) in [6, 6.07) is 7.17. The molecular weight excluding hydrogens is 465 g/mol. The minimum atomic E-state index is -2.98. The molecule has 0 saturated carbocycles. The molecule has 0 radical (unpaired) electrons. The molecule has 1 rings (SSSR count). The number of ether oxygens (including phenoxy) is 1.